The van der Waals surface area contributed by atoms with E-state index in [0.29, 0.717) is 33.0 Å². The molecule has 1 aromatic carbocycles. The zero-order valence-corrected chi connectivity index (χ0v) is 18.9. The second kappa shape index (κ2) is 9.67. The number of nitro benzene ring substituents is 1. The van der Waals surface area contributed by atoms with Crippen LogP contribution < -0.4 is 10.1 Å². The molecule has 0 spiro atoms. The Hall–Kier alpha value is -4.32. The monoisotopic (exact) mass is 482 g/mol. The van der Waals surface area contributed by atoms with Crippen molar-refractivity contribution in [3.05, 3.63) is 63.5 Å². The first-order chi connectivity index (χ1) is 16.4. The van der Waals surface area contributed by atoms with Crippen molar-refractivity contribution in [1.29, 1.82) is 0 Å². The number of amides is 1. The lowest BCUT2D eigenvalue weighted by molar-refractivity contribution is -0.384. The minimum absolute atomic E-state index is 0.0959. The molecule has 4 aromatic rings. The van der Waals surface area contributed by atoms with Crippen molar-refractivity contribution in [1.82, 2.24) is 9.97 Å². The van der Waals surface area contributed by atoms with Gasteiger partial charge in [-0.25, -0.2) is 14.8 Å². The summed E-state index contributed by atoms with van der Waals surface area (Å²) < 4.78 is 16.3. The molecule has 1 amide bonds. The first kappa shape index (κ1) is 22.9. The van der Waals surface area contributed by atoms with Gasteiger partial charge in [-0.2, -0.15) is 0 Å². The largest absolute Gasteiger partial charge is 0.467 e. The molecule has 3 aromatic heterocycles. The maximum atomic E-state index is 12.6. The number of thiophene rings is 1. The molecule has 0 fully saturated rings. The Bertz CT molecular complexity index is 1400. The van der Waals surface area contributed by atoms with E-state index in [1.54, 1.807) is 31.4 Å². The number of hydrogen-bond acceptors (Lipinski definition) is 10. The van der Waals surface area contributed by atoms with Crippen molar-refractivity contribution in [3.63, 3.8) is 0 Å². The number of esters is 1. The van der Waals surface area contributed by atoms with E-state index in [2.05, 4.69) is 15.3 Å². The number of carbonyl (C=O) groups excluding carboxylic acids is 2. The Labute approximate surface area is 196 Å². The Morgan fingerprint density at radius 2 is 2.06 bits per heavy atom. The van der Waals surface area contributed by atoms with Crippen LogP contribution in [0.3, 0.4) is 0 Å². The van der Waals surface area contributed by atoms with E-state index in [4.69, 9.17) is 13.9 Å². The highest BCUT2D eigenvalue weighted by Gasteiger charge is 2.24. The number of fused-ring (bicyclic) bond motifs is 1. The average molecular weight is 482 g/mol. The normalized spacial score (nSPS) is 10.8. The second-order valence-corrected chi connectivity index (χ2v) is 7.84. The number of nitrogens with one attached hydrogen (secondary N) is 1. The van der Waals surface area contributed by atoms with Gasteiger partial charge in [0, 0.05) is 23.1 Å². The molecule has 0 aliphatic heterocycles. The number of carbonyl (C=O) groups is 2. The number of aryl methyl sites for hydroxylation is 1. The predicted octanol–water partition coefficient (Wildman–Crippen LogP) is 4.36. The molecule has 11 nitrogen and oxygen atoms in total. The number of hydrogen-bond donors (Lipinski definition) is 1. The molecular weight excluding hydrogens is 464 g/mol. The van der Waals surface area contributed by atoms with Crippen molar-refractivity contribution in [2.24, 2.45) is 0 Å². The van der Waals surface area contributed by atoms with Crippen LogP contribution in [0.25, 0.3) is 22.2 Å². The number of ether oxygens (including phenoxy) is 2. The molecule has 12 heteroatoms. The molecule has 3 heterocycles. The van der Waals surface area contributed by atoms with Gasteiger partial charge in [0.1, 0.15) is 28.4 Å². The van der Waals surface area contributed by atoms with Crippen molar-refractivity contribution in [3.8, 4) is 17.2 Å². The third kappa shape index (κ3) is 4.71. The standard InChI is InChI=1S/C22H18N4O7S/c1-3-31-22(28)19-15(17-7-4-12(2)33-17)10-34-21(19)25-18(27)9-32-20-14-6-5-13(26(29)30)8-16(14)23-11-24-20/h4-8,10-11H,3,9H2,1-2H3,(H,25,27). The van der Waals surface area contributed by atoms with Gasteiger partial charge in [0.05, 0.1) is 22.4 Å². The number of aromatic nitrogens is 2. The topological polar surface area (TPSA) is 147 Å². The van der Waals surface area contributed by atoms with Gasteiger partial charge in [0.25, 0.3) is 11.6 Å². The van der Waals surface area contributed by atoms with E-state index >= 15 is 0 Å². The van der Waals surface area contributed by atoms with Gasteiger partial charge in [-0.1, -0.05) is 0 Å². The summed E-state index contributed by atoms with van der Waals surface area (Å²) in [6, 6.07) is 7.55. The molecule has 0 aliphatic rings. The number of nitro groups is 1. The molecule has 0 atom stereocenters. The summed E-state index contributed by atoms with van der Waals surface area (Å²) in [6.07, 6.45) is 1.19. The van der Waals surface area contributed by atoms with Crippen LogP contribution >= 0.6 is 11.3 Å². The van der Waals surface area contributed by atoms with Crippen LogP contribution in [-0.4, -0.2) is 40.0 Å². The number of non-ortho nitro benzene ring substituents is 1. The fourth-order valence-corrected chi connectivity index (χ4v) is 4.12. The molecule has 34 heavy (non-hydrogen) atoms. The van der Waals surface area contributed by atoms with Crippen LogP contribution in [0.1, 0.15) is 23.0 Å². The molecule has 1 N–H and O–H groups in total. The van der Waals surface area contributed by atoms with Crippen molar-refractivity contribution < 1.29 is 28.4 Å². The van der Waals surface area contributed by atoms with Crippen molar-refractivity contribution >= 4 is 44.8 Å². The van der Waals surface area contributed by atoms with Gasteiger partial charge in [0.2, 0.25) is 5.88 Å². The third-order valence-electron chi connectivity index (χ3n) is 4.66. The Morgan fingerprint density at radius 3 is 2.76 bits per heavy atom. The van der Waals surface area contributed by atoms with Gasteiger partial charge >= 0.3 is 5.97 Å². The lowest BCUT2D eigenvalue weighted by atomic mass is 10.1. The summed E-state index contributed by atoms with van der Waals surface area (Å²) in [5.41, 5.74) is 0.882. The molecule has 4 rings (SSSR count). The SMILES string of the molecule is CCOC(=O)c1c(-c2ccc(C)o2)csc1NC(=O)COc1ncnc2cc([N+](=O)[O-])ccc12. The lowest BCUT2D eigenvalue weighted by Gasteiger charge is -2.09. The van der Waals surface area contributed by atoms with Gasteiger partial charge in [0.15, 0.2) is 6.61 Å². The summed E-state index contributed by atoms with van der Waals surface area (Å²) >= 11 is 1.15. The zero-order valence-electron chi connectivity index (χ0n) is 18.1. The maximum absolute atomic E-state index is 12.6. The number of furan rings is 1. The highest BCUT2D eigenvalue weighted by atomic mass is 32.1. The molecule has 174 valence electrons. The van der Waals surface area contributed by atoms with Gasteiger partial charge < -0.3 is 19.2 Å². The molecule has 0 saturated carbocycles. The van der Waals surface area contributed by atoms with Gasteiger partial charge in [-0.05, 0) is 32.0 Å². The first-order valence-corrected chi connectivity index (χ1v) is 10.9. The molecule has 0 unspecified atom stereocenters. The predicted molar refractivity (Wildman–Crippen MR) is 123 cm³/mol. The van der Waals surface area contributed by atoms with E-state index in [1.165, 1.54) is 24.5 Å². The summed E-state index contributed by atoms with van der Waals surface area (Å²) in [5.74, 6) is 0.127. The molecular formula is C22H18N4O7S. The maximum Gasteiger partial charge on any atom is 0.341 e. The minimum atomic E-state index is -0.590. The number of nitrogens with zero attached hydrogens (tertiary/aromatic N) is 3. The third-order valence-corrected chi connectivity index (χ3v) is 5.56. The van der Waals surface area contributed by atoms with E-state index in [9.17, 15) is 19.7 Å². The number of benzene rings is 1. The molecule has 0 bridgehead atoms. The van der Waals surface area contributed by atoms with E-state index < -0.39 is 23.4 Å². The average Bonchev–Trinajstić information content (AvgIpc) is 3.43. The molecule has 0 aliphatic carbocycles. The fraction of sp³-hybridized carbons (Fsp3) is 0.182. The Balaban J connectivity index is 1.53. The van der Waals surface area contributed by atoms with Crippen molar-refractivity contribution in [2.45, 2.75) is 13.8 Å². The highest BCUT2D eigenvalue weighted by molar-refractivity contribution is 7.15. The van der Waals surface area contributed by atoms with Gasteiger partial charge in [-0.3, -0.25) is 14.9 Å². The summed E-state index contributed by atoms with van der Waals surface area (Å²) in [6.45, 7) is 3.22. The second-order valence-electron chi connectivity index (χ2n) is 6.96. The van der Waals surface area contributed by atoms with Crippen LogP contribution in [-0.2, 0) is 9.53 Å². The smallest absolute Gasteiger partial charge is 0.341 e. The fourth-order valence-electron chi connectivity index (χ4n) is 3.16. The minimum Gasteiger partial charge on any atom is -0.467 e. The van der Waals surface area contributed by atoms with Crippen LogP contribution in [0.4, 0.5) is 10.7 Å². The Morgan fingerprint density at radius 1 is 1.24 bits per heavy atom. The lowest BCUT2D eigenvalue weighted by Crippen LogP contribution is -2.21. The Kier molecular flexibility index (Phi) is 6.50. The summed E-state index contributed by atoms with van der Waals surface area (Å²) in [7, 11) is 0. The van der Waals surface area contributed by atoms with Crippen LogP contribution in [0.5, 0.6) is 5.88 Å². The highest BCUT2D eigenvalue weighted by Crippen LogP contribution is 2.37. The molecule has 0 radical (unpaired) electrons. The molecule has 0 saturated heterocycles. The van der Waals surface area contributed by atoms with Crippen LogP contribution in [0, 0.1) is 17.0 Å². The quantitative estimate of drug-likeness (QED) is 0.220. The van der Waals surface area contributed by atoms with E-state index in [0.717, 1.165) is 11.3 Å². The summed E-state index contributed by atoms with van der Waals surface area (Å²) in [5, 5.41) is 16.0. The van der Waals surface area contributed by atoms with Crippen molar-refractivity contribution in [2.75, 3.05) is 18.5 Å². The van der Waals surface area contributed by atoms with Gasteiger partial charge in [-0.15, -0.1) is 11.3 Å². The first-order valence-electron chi connectivity index (χ1n) is 10.0. The number of rotatable bonds is 8. The summed E-state index contributed by atoms with van der Waals surface area (Å²) in [4.78, 5) is 43.7. The van der Waals surface area contributed by atoms with Crippen LogP contribution in [0.2, 0.25) is 0 Å². The van der Waals surface area contributed by atoms with Crippen LogP contribution in [0.15, 0.2) is 46.5 Å². The zero-order chi connectivity index (χ0) is 24.2. The van der Waals surface area contributed by atoms with E-state index in [1.807, 2.05) is 0 Å². The number of anilines is 1. The van der Waals surface area contributed by atoms with E-state index in [-0.39, 0.29) is 23.7 Å².